The van der Waals surface area contributed by atoms with Crippen molar-refractivity contribution in [1.82, 2.24) is 10.6 Å². The highest BCUT2D eigenvalue weighted by molar-refractivity contribution is 6.35. The molecular weight excluding hydrogens is 417 g/mol. The molecule has 2 aromatic carbocycles. The Kier molecular flexibility index (Phi) is 6.20. The van der Waals surface area contributed by atoms with Crippen LogP contribution in [0.1, 0.15) is 18.5 Å². The highest BCUT2D eigenvalue weighted by Crippen LogP contribution is 2.35. The minimum absolute atomic E-state index is 0.304. The van der Waals surface area contributed by atoms with Crippen LogP contribution in [0.4, 0.5) is 10.5 Å². The summed E-state index contributed by atoms with van der Waals surface area (Å²) in [5, 5.41) is 8.97. The largest absolute Gasteiger partial charge is 0.497 e. The number of halogens is 2. The van der Waals surface area contributed by atoms with E-state index in [0.29, 0.717) is 44.1 Å². The number of ether oxygens (including phenoxy) is 2. The molecule has 29 heavy (non-hydrogen) atoms. The summed E-state index contributed by atoms with van der Waals surface area (Å²) in [4.78, 5) is 25.2. The second kappa shape index (κ2) is 8.63. The van der Waals surface area contributed by atoms with E-state index in [9.17, 15) is 9.59 Å². The summed E-state index contributed by atoms with van der Waals surface area (Å²) in [6.45, 7) is 1.65. The van der Waals surface area contributed by atoms with Crippen molar-refractivity contribution >= 4 is 40.8 Å². The lowest BCUT2D eigenvalue weighted by Gasteiger charge is -2.29. The van der Waals surface area contributed by atoms with Gasteiger partial charge in [0.05, 0.1) is 31.5 Å². The maximum Gasteiger partial charge on any atom is 0.319 e. The molecule has 3 rings (SSSR count). The highest BCUT2D eigenvalue weighted by atomic mass is 35.5. The quantitative estimate of drug-likeness (QED) is 0.653. The summed E-state index contributed by atoms with van der Waals surface area (Å²) in [5.74, 6) is 0.586. The van der Waals surface area contributed by atoms with E-state index >= 15 is 0 Å². The molecular formula is C20H19Cl2N3O4. The molecule has 9 heteroatoms. The third-order valence-electron chi connectivity index (χ3n) is 4.44. The monoisotopic (exact) mass is 435 g/mol. The summed E-state index contributed by atoms with van der Waals surface area (Å²) in [7, 11) is 3.03. The van der Waals surface area contributed by atoms with Gasteiger partial charge in [0.2, 0.25) is 0 Å². The van der Waals surface area contributed by atoms with Gasteiger partial charge in [-0.2, -0.15) is 0 Å². The summed E-state index contributed by atoms with van der Waals surface area (Å²) >= 11 is 12.3. The summed E-state index contributed by atoms with van der Waals surface area (Å²) in [5.41, 5.74) is 1.69. The lowest BCUT2D eigenvalue weighted by atomic mass is 9.94. The molecule has 0 radical (unpaired) electrons. The average molecular weight is 436 g/mol. The van der Waals surface area contributed by atoms with Crippen molar-refractivity contribution in [1.29, 1.82) is 0 Å². The molecule has 0 fully saturated rings. The Balaban J connectivity index is 2.00. The van der Waals surface area contributed by atoms with Gasteiger partial charge in [0.25, 0.3) is 5.91 Å². The van der Waals surface area contributed by atoms with Gasteiger partial charge < -0.3 is 25.4 Å². The van der Waals surface area contributed by atoms with E-state index in [4.69, 9.17) is 32.7 Å². The summed E-state index contributed by atoms with van der Waals surface area (Å²) in [6.07, 6.45) is 0. The highest BCUT2D eigenvalue weighted by Gasteiger charge is 2.32. The fraction of sp³-hybridized carbons (Fsp3) is 0.200. The number of nitrogens with one attached hydrogen (secondary N) is 3. The van der Waals surface area contributed by atoms with E-state index in [1.807, 2.05) is 0 Å². The molecule has 1 aliphatic heterocycles. The predicted molar refractivity (Wildman–Crippen MR) is 112 cm³/mol. The normalized spacial score (nSPS) is 16.0. The average Bonchev–Trinajstić information content (AvgIpc) is 2.67. The van der Waals surface area contributed by atoms with Crippen LogP contribution >= 0.6 is 23.2 Å². The number of carbonyl (C=O) groups excluding carboxylic acids is 2. The van der Waals surface area contributed by atoms with Crippen molar-refractivity contribution in [3.63, 3.8) is 0 Å². The molecule has 152 valence electrons. The zero-order valence-electron chi connectivity index (χ0n) is 15.9. The Morgan fingerprint density at radius 2 is 1.86 bits per heavy atom. The van der Waals surface area contributed by atoms with Crippen LogP contribution in [-0.4, -0.2) is 26.2 Å². The van der Waals surface area contributed by atoms with Crippen LogP contribution in [0.25, 0.3) is 0 Å². The van der Waals surface area contributed by atoms with Gasteiger partial charge in [0, 0.05) is 21.8 Å². The Morgan fingerprint density at radius 3 is 2.52 bits per heavy atom. The number of anilines is 1. The van der Waals surface area contributed by atoms with E-state index < -0.39 is 18.0 Å². The first-order valence-electron chi connectivity index (χ1n) is 8.60. The predicted octanol–water partition coefficient (Wildman–Crippen LogP) is 4.28. The molecule has 3 amide bonds. The van der Waals surface area contributed by atoms with Crippen molar-refractivity contribution in [2.24, 2.45) is 0 Å². The van der Waals surface area contributed by atoms with Gasteiger partial charge in [0.15, 0.2) is 0 Å². The molecule has 1 aliphatic rings. The molecule has 0 aromatic heterocycles. The second-order valence-electron chi connectivity index (χ2n) is 6.26. The van der Waals surface area contributed by atoms with Gasteiger partial charge in [-0.05, 0) is 36.8 Å². The molecule has 0 bridgehead atoms. The SMILES string of the molecule is COc1ccc(OC)c(NC(=O)C2=C(C)NC(=O)N[C@@H]2c2ccc(Cl)cc2Cl)c1. The fourth-order valence-corrected chi connectivity index (χ4v) is 3.58. The molecule has 7 nitrogen and oxygen atoms in total. The van der Waals surface area contributed by atoms with Crippen LogP contribution in [0.15, 0.2) is 47.7 Å². The Morgan fingerprint density at radius 1 is 1.10 bits per heavy atom. The lowest BCUT2D eigenvalue weighted by Crippen LogP contribution is -2.46. The van der Waals surface area contributed by atoms with E-state index in [-0.39, 0.29) is 0 Å². The minimum Gasteiger partial charge on any atom is -0.497 e. The molecule has 1 atom stereocenters. The Bertz CT molecular complexity index is 1010. The number of amides is 3. The number of benzene rings is 2. The van der Waals surface area contributed by atoms with Gasteiger partial charge in [-0.1, -0.05) is 29.3 Å². The first-order valence-corrected chi connectivity index (χ1v) is 9.36. The second-order valence-corrected chi connectivity index (χ2v) is 7.10. The van der Waals surface area contributed by atoms with Crippen LogP contribution < -0.4 is 25.4 Å². The number of urea groups is 1. The Hall–Kier alpha value is -2.90. The Labute approximate surface area is 178 Å². The van der Waals surface area contributed by atoms with Crippen LogP contribution in [0.3, 0.4) is 0 Å². The van der Waals surface area contributed by atoms with Crippen molar-refractivity contribution in [2.75, 3.05) is 19.5 Å². The maximum absolute atomic E-state index is 13.2. The number of hydrogen-bond acceptors (Lipinski definition) is 4. The molecule has 0 saturated carbocycles. The fourth-order valence-electron chi connectivity index (χ4n) is 3.07. The van der Waals surface area contributed by atoms with Gasteiger partial charge in [-0.25, -0.2) is 4.79 Å². The molecule has 0 spiro atoms. The molecule has 0 saturated heterocycles. The summed E-state index contributed by atoms with van der Waals surface area (Å²) in [6, 6.07) is 8.73. The number of carbonyl (C=O) groups is 2. The van der Waals surface area contributed by atoms with Crippen molar-refractivity contribution < 1.29 is 19.1 Å². The number of allylic oxidation sites excluding steroid dienone is 1. The zero-order chi connectivity index (χ0) is 21.1. The molecule has 0 aliphatic carbocycles. The van der Waals surface area contributed by atoms with Gasteiger partial charge in [-0.15, -0.1) is 0 Å². The van der Waals surface area contributed by atoms with Gasteiger partial charge in [0.1, 0.15) is 11.5 Å². The van der Waals surface area contributed by atoms with E-state index in [2.05, 4.69) is 16.0 Å². The van der Waals surface area contributed by atoms with Crippen molar-refractivity contribution in [2.45, 2.75) is 13.0 Å². The van der Waals surface area contributed by atoms with Crippen molar-refractivity contribution in [3.05, 3.63) is 63.3 Å². The van der Waals surface area contributed by atoms with Gasteiger partial charge in [-0.3, -0.25) is 4.79 Å². The molecule has 2 aromatic rings. The van der Waals surface area contributed by atoms with Crippen LogP contribution in [0.2, 0.25) is 10.0 Å². The van der Waals surface area contributed by atoms with E-state index in [1.165, 1.54) is 14.2 Å². The van der Waals surface area contributed by atoms with Gasteiger partial charge >= 0.3 is 6.03 Å². The zero-order valence-corrected chi connectivity index (χ0v) is 17.4. The van der Waals surface area contributed by atoms with E-state index in [1.54, 1.807) is 43.3 Å². The number of hydrogen-bond donors (Lipinski definition) is 3. The number of rotatable bonds is 5. The standard InChI is InChI=1S/C20H19Cl2N3O4/c1-10-17(19(26)24-15-9-12(28-2)5-7-16(15)29-3)18(25-20(27)23-10)13-6-4-11(21)8-14(13)22/h4-9,18H,1-3H3,(H,24,26)(H2,23,25,27)/t18-/m1/s1. The van der Waals surface area contributed by atoms with E-state index in [0.717, 1.165) is 0 Å². The first kappa shape index (κ1) is 20.8. The lowest BCUT2D eigenvalue weighted by molar-refractivity contribution is -0.113. The summed E-state index contributed by atoms with van der Waals surface area (Å²) < 4.78 is 10.5. The first-order chi connectivity index (χ1) is 13.8. The molecule has 1 heterocycles. The third kappa shape index (κ3) is 4.41. The minimum atomic E-state index is -0.759. The number of methoxy groups -OCH3 is 2. The smallest absolute Gasteiger partial charge is 0.319 e. The topological polar surface area (TPSA) is 88.7 Å². The maximum atomic E-state index is 13.2. The van der Waals surface area contributed by atoms with Crippen molar-refractivity contribution in [3.8, 4) is 11.5 Å². The third-order valence-corrected chi connectivity index (χ3v) is 5.00. The van der Waals surface area contributed by atoms with Crippen LogP contribution in [0, 0.1) is 0 Å². The van der Waals surface area contributed by atoms with Crippen LogP contribution in [0.5, 0.6) is 11.5 Å². The molecule has 0 unspecified atom stereocenters. The molecule has 3 N–H and O–H groups in total. The van der Waals surface area contributed by atoms with Crippen LogP contribution in [-0.2, 0) is 4.79 Å².